The highest BCUT2D eigenvalue weighted by Gasteiger charge is 2.43. The molecule has 1 fully saturated rings. The number of benzene rings is 2. The van der Waals surface area contributed by atoms with Gasteiger partial charge in [0, 0.05) is 10.8 Å². The largest absolute Gasteiger partial charge is 0.496 e. The van der Waals surface area contributed by atoms with E-state index in [0.29, 0.717) is 0 Å². The molecule has 17 heavy (non-hydrogen) atoms. The maximum atomic E-state index is 9.48. The molecule has 1 saturated carbocycles. The van der Waals surface area contributed by atoms with E-state index < -0.39 is 0 Å². The summed E-state index contributed by atoms with van der Waals surface area (Å²) in [6.45, 7) is 0.244. The minimum Gasteiger partial charge on any atom is -0.496 e. The molecule has 0 unspecified atom stereocenters. The van der Waals surface area contributed by atoms with Crippen molar-refractivity contribution in [3.05, 3.63) is 42.0 Å². The Balaban J connectivity index is 2.18. The van der Waals surface area contributed by atoms with E-state index >= 15 is 0 Å². The number of aliphatic hydroxyl groups excluding tert-OH is 1. The molecule has 1 aliphatic carbocycles. The van der Waals surface area contributed by atoms with Crippen LogP contribution in [0.2, 0.25) is 0 Å². The summed E-state index contributed by atoms with van der Waals surface area (Å²) in [5, 5.41) is 11.8. The molecule has 0 radical (unpaired) electrons. The SMILES string of the molecule is COc1cccc2ccc(C3(CO)CC3)cc12. The first-order valence-electron chi connectivity index (χ1n) is 5.97. The lowest BCUT2D eigenvalue weighted by atomic mass is 9.94. The number of hydrogen-bond acceptors (Lipinski definition) is 2. The first-order chi connectivity index (χ1) is 8.29. The fourth-order valence-electron chi connectivity index (χ4n) is 2.44. The molecule has 88 valence electrons. The Bertz CT molecular complexity index is 556. The molecule has 3 rings (SSSR count). The van der Waals surface area contributed by atoms with E-state index in [2.05, 4.69) is 24.3 Å². The van der Waals surface area contributed by atoms with Crippen LogP contribution in [0.4, 0.5) is 0 Å². The second-order valence-electron chi connectivity index (χ2n) is 4.83. The first-order valence-corrected chi connectivity index (χ1v) is 5.97. The maximum absolute atomic E-state index is 9.48. The molecule has 0 aliphatic heterocycles. The van der Waals surface area contributed by atoms with E-state index in [1.54, 1.807) is 7.11 Å². The minimum absolute atomic E-state index is 0.0229. The van der Waals surface area contributed by atoms with Crippen LogP contribution in [-0.2, 0) is 5.41 Å². The molecule has 0 saturated heterocycles. The summed E-state index contributed by atoms with van der Waals surface area (Å²) in [6.07, 6.45) is 2.17. The number of fused-ring (bicyclic) bond motifs is 1. The summed E-state index contributed by atoms with van der Waals surface area (Å²) in [7, 11) is 1.69. The molecule has 1 N–H and O–H groups in total. The van der Waals surface area contributed by atoms with Gasteiger partial charge in [0.25, 0.3) is 0 Å². The van der Waals surface area contributed by atoms with Crippen LogP contribution in [0.5, 0.6) is 5.75 Å². The Morgan fingerprint density at radius 3 is 2.71 bits per heavy atom. The third-order valence-corrected chi connectivity index (χ3v) is 3.83. The van der Waals surface area contributed by atoms with Gasteiger partial charge in [-0.05, 0) is 35.9 Å². The Hall–Kier alpha value is -1.54. The van der Waals surface area contributed by atoms with Gasteiger partial charge in [0.05, 0.1) is 13.7 Å². The van der Waals surface area contributed by atoms with E-state index in [4.69, 9.17) is 4.74 Å². The van der Waals surface area contributed by atoms with E-state index in [1.807, 2.05) is 12.1 Å². The lowest BCUT2D eigenvalue weighted by molar-refractivity contribution is 0.255. The molecule has 2 nitrogen and oxygen atoms in total. The Kier molecular flexibility index (Phi) is 2.33. The van der Waals surface area contributed by atoms with E-state index in [1.165, 1.54) is 10.9 Å². The van der Waals surface area contributed by atoms with Crippen molar-refractivity contribution >= 4 is 10.8 Å². The van der Waals surface area contributed by atoms with Crippen LogP contribution in [0.25, 0.3) is 10.8 Å². The van der Waals surface area contributed by atoms with Crippen molar-refractivity contribution in [2.45, 2.75) is 18.3 Å². The minimum atomic E-state index is 0.0229. The van der Waals surface area contributed by atoms with Crippen LogP contribution >= 0.6 is 0 Å². The average Bonchev–Trinajstić information content (AvgIpc) is 3.18. The fraction of sp³-hybridized carbons (Fsp3) is 0.333. The second kappa shape index (κ2) is 3.74. The van der Waals surface area contributed by atoms with Crippen molar-refractivity contribution in [2.24, 2.45) is 0 Å². The Morgan fingerprint density at radius 2 is 2.06 bits per heavy atom. The van der Waals surface area contributed by atoms with Crippen LogP contribution in [0, 0.1) is 0 Å². The summed E-state index contributed by atoms with van der Waals surface area (Å²) in [6, 6.07) is 12.5. The van der Waals surface area contributed by atoms with Crippen molar-refractivity contribution in [3.8, 4) is 5.75 Å². The number of hydrogen-bond donors (Lipinski definition) is 1. The van der Waals surface area contributed by atoms with E-state index in [0.717, 1.165) is 24.0 Å². The molecule has 1 aliphatic rings. The van der Waals surface area contributed by atoms with Gasteiger partial charge in [-0.3, -0.25) is 0 Å². The number of ether oxygens (including phenoxy) is 1. The average molecular weight is 228 g/mol. The molecule has 0 amide bonds. The van der Waals surface area contributed by atoms with Crippen molar-refractivity contribution in [3.63, 3.8) is 0 Å². The molecule has 0 bridgehead atoms. The number of aliphatic hydroxyl groups is 1. The van der Waals surface area contributed by atoms with Gasteiger partial charge in [-0.25, -0.2) is 0 Å². The molecule has 0 atom stereocenters. The van der Waals surface area contributed by atoms with Gasteiger partial charge in [0.2, 0.25) is 0 Å². The van der Waals surface area contributed by atoms with E-state index in [9.17, 15) is 5.11 Å². The fourth-order valence-corrected chi connectivity index (χ4v) is 2.44. The number of rotatable bonds is 3. The monoisotopic (exact) mass is 228 g/mol. The Labute approximate surface area is 101 Å². The highest BCUT2D eigenvalue weighted by Crippen LogP contribution is 2.48. The zero-order chi connectivity index (χ0) is 11.9. The zero-order valence-corrected chi connectivity index (χ0v) is 9.94. The van der Waals surface area contributed by atoms with Gasteiger partial charge in [-0.2, -0.15) is 0 Å². The summed E-state index contributed by atoms with van der Waals surface area (Å²) >= 11 is 0. The van der Waals surface area contributed by atoms with Gasteiger partial charge in [0.15, 0.2) is 0 Å². The van der Waals surface area contributed by atoms with E-state index in [-0.39, 0.29) is 12.0 Å². The summed E-state index contributed by atoms with van der Waals surface area (Å²) in [5.41, 5.74) is 1.26. The van der Waals surface area contributed by atoms with Gasteiger partial charge < -0.3 is 9.84 Å². The molecule has 2 heteroatoms. The first kappa shape index (κ1) is 10.6. The van der Waals surface area contributed by atoms with Gasteiger partial charge >= 0.3 is 0 Å². The quantitative estimate of drug-likeness (QED) is 0.875. The number of methoxy groups -OCH3 is 1. The molecule has 2 aromatic carbocycles. The predicted octanol–water partition coefficient (Wildman–Crippen LogP) is 2.87. The van der Waals surface area contributed by atoms with Gasteiger partial charge in [0.1, 0.15) is 5.75 Å². The van der Waals surface area contributed by atoms with Crippen molar-refractivity contribution in [1.29, 1.82) is 0 Å². The second-order valence-corrected chi connectivity index (χ2v) is 4.83. The lowest BCUT2D eigenvalue weighted by Crippen LogP contribution is -2.11. The molecular weight excluding hydrogens is 212 g/mol. The third kappa shape index (κ3) is 1.60. The third-order valence-electron chi connectivity index (χ3n) is 3.83. The van der Waals surface area contributed by atoms with Crippen LogP contribution in [0.15, 0.2) is 36.4 Å². The molecule has 0 heterocycles. The summed E-state index contributed by atoms with van der Waals surface area (Å²) in [4.78, 5) is 0. The van der Waals surface area contributed by atoms with Crippen LogP contribution in [0.1, 0.15) is 18.4 Å². The van der Waals surface area contributed by atoms with Crippen molar-refractivity contribution in [1.82, 2.24) is 0 Å². The molecular formula is C15H16O2. The summed E-state index contributed by atoms with van der Waals surface area (Å²) in [5.74, 6) is 0.901. The van der Waals surface area contributed by atoms with Crippen LogP contribution in [0.3, 0.4) is 0 Å². The smallest absolute Gasteiger partial charge is 0.126 e. The highest BCUT2D eigenvalue weighted by atomic mass is 16.5. The maximum Gasteiger partial charge on any atom is 0.126 e. The highest BCUT2D eigenvalue weighted by molar-refractivity contribution is 5.89. The topological polar surface area (TPSA) is 29.5 Å². The van der Waals surface area contributed by atoms with Gasteiger partial charge in [-0.1, -0.05) is 24.3 Å². The standard InChI is InChI=1S/C15H16O2/c1-17-14-4-2-3-11-5-6-12(9-13(11)14)15(10-16)7-8-15/h2-6,9,16H,7-8,10H2,1H3. The summed E-state index contributed by atoms with van der Waals surface area (Å²) < 4.78 is 5.39. The van der Waals surface area contributed by atoms with Gasteiger partial charge in [-0.15, -0.1) is 0 Å². The normalized spacial score (nSPS) is 17.1. The zero-order valence-electron chi connectivity index (χ0n) is 9.94. The predicted molar refractivity (Wildman–Crippen MR) is 68.5 cm³/mol. The van der Waals surface area contributed by atoms with Crippen molar-refractivity contribution in [2.75, 3.05) is 13.7 Å². The lowest BCUT2D eigenvalue weighted by Gasteiger charge is -2.14. The van der Waals surface area contributed by atoms with Crippen LogP contribution in [-0.4, -0.2) is 18.8 Å². The molecule has 0 spiro atoms. The van der Waals surface area contributed by atoms with Crippen molar-refractivity contribution < 1.29 is 9.84 Å². The molecule has 2 aromatic rings. The van der Waals surface area contributed by atoms with Crippen LogP contribution < -0.4 is 4.74 Å². The Morgan fingerprint density at radius 1 is 1.24 bits per heavy atom. The molecule has 0 aromatic heterocycles.